The van der Waals surface area contributed by atoms with E-state index in [1.165, 1.54) is 0 Å². The van der Waals surface area contributed by atoms with Crippen LogP contribution in [0.2, 0.25) is 0 Å². The molecular formula is C12H17NO3. The van der Waals surface area contributed by atoms with Gasteiger partial charge in [0.1, 0.15) is 11.6 Å². The van der Waals surface area contributed by atoms with E-state index in [1.54, 1.807) is 11.0 Å². The molecule has 0 aliphatic carbocycles. The zero-order valence-corrected chi connectivity index (χ0v) is 9.90. The van der Waals surface area contributed by atoms with Crippen molar-refractivity contribution in [1.29, 1.82) is 0 Å². The fourth-order valence-electron chi connectivity index (χ4n) is 2.09. The van der Waals surface area contributed by atoms with Crippen LogP contribution >= 0.6 is 0 Å². The van der Waals surface area contributed by atoms with E-state index < -0.39 is 11.6 Å². The Kier molecular flexibility index (Phi) is 2.52. The summed E-state index contributed by atoms with van der Waals surface area (Å²) in [4.78, 5) is 24.9. The summed E-state index contributed by atoms with van der Waals surface area (Å²) in [5.41, 5.74) is -0.508. The van der Waals surface area contributed by atoms with Gasteiger partial charge in [-0.2, -0.15) is 0 Å². The first-order valence-electron chi connectivity index (χ1n) is 5.59. The van der Waals surface area contributed by atoms with Crippen molar-refractivity contribution in [3.8, 4) is 0 Å². The maximum atomic E-state index is 11.9. The summed E-state index contributed by atoms with van der Waals surface area (Å²) in [6.07, 6.45) is 5.14. The van der Waals surface area contributed by atoms with Crippen molar-refractivity contribution in [3.05, 3.63) is 12.2 Å². The molecule has 1 fully saturated rings. The number of hydrogen-bond acceptors (Lipinski definition) is 3. The predicted octanol–water partition coefficient (Wildman–Crippen LogP) is 1.26. The summed E-state index contributed by atoms with van der Waals surface area (Å²) in [5.74, 6) is -0.285. The van der Waals surface area contributed by atoms with E-state index in [1.807, 2.05) is 26.8 Å². The molecule has 88 valence electrons. The molecular weight excluding hydrogens is 206 g/mol. The average Bonchev–Trinajstić information content (AvgIpc) is 2.12. The van der Waals surface area contributed by atoms with Crippen molar-refractivity contribution in [2.75, 3.05) is 0 Å². The van der Waals surface area contributed by atoms with Gasteiger partial charge in [0.25, 0.3) is 0 Å². The number of carbonyl (C=O) groups is 2. The Labute approximate surface area is 95.2 Å². The number of esters is 1. The molecule has 2 aliphatic heterocycles. The van der Waals surface area contributed by atoms with Gasteiger partial charge in [-0.15, -0.1) is 0 Å². The van der Waals surface area contributed by atoms with E-state index in [2.05, 4.69) is 0 Å². The Bertz CT molecular complexity index is 354. The Morgan fingerprint density at radius 3 is 2.75 bits per heavy atom. The van der Waals surface area contributed by atoms with Gasteiger partial charge >= 0.3 is 5.97 Å². The highest BCUT2D eigenvalue weighted by atomic mass is 16.6. The topological polar surface area (TPSA) is 46.6 Å². The first-order valence-corrected chi connectivity index (χ1v) is 5.59. The third kappa shape index (κ3) is 1.96. The van der Waals surface area contributed by atoms with Crippen LogP contribution in [0.3, 0.4) is 0 Å². The second-order valence-electron chi connectivity index (χ2n) is 5.30. The van der Waals surface area contributed by atoms with Crippen LogP contribution in [0, 0.1) is 0 Å². The zero-order valence-electron chi connectivity index (χ0n) is 9.90. The first kappa shape index (κ1) is 11.2. The minimum Gasteiger partial charge on any atom is -0.458 e. The number of carbonyl (C=O) groups excluding carboxylic acids is 2. The standard InChI is InChI=1S/C12H17NO3/c1-12(2,3)16-11(15)9-6-4-5-8-7-10(14)13(8)9/h4,6,8-9H,5,7H2,1-3H3. The second kappa shape index (κ2) is 3.61. The molecule has 1 saturated heterocycles. The third-order valence-corrected chi connectivity index (χ3v) is 2.77. The van der Waals surface area contributed by atoms with E-state index in [9.17, 15) is 9.59 Å². The molecule has 0 aromatic rings. The van der Waals surface area contributed by atoms with E-state index in [0.717, 1.165) is 6.42 Å². The Morgan fingerprint density at radius 2 is 2.19 bits per heavy atom. The fraction of sp³-hybridized carbons (Fsp3) is 0.667. The molecule has 0 spiro atoms. The molecule has 0 N–H and O–H groups in total. The van der Waals surface area contributed by atoms with Crippen LogP contribution in [-0.4, -0.2) is 34.5 Å². The smallest absolute Gasteiger partial charge is 0.333 e. The summed E-state index contributed by atoms with van der Waals surface area (Å²) in [6.45, 7) is 5.48. The van der Waals surface area contributed by atoms with Gasteiger partial charge in [-0.1, -0.05) is 12.2 Å². The van der Waals surface area contributed by atoms with E-state index in [-0.39, 0.29) is 17.9 Å². The van der Waals surface area contributed by atoms with E-state index in [4.69, 9.17) is 4.74 Å². The highest BCUT2D eigenvalue weighted by Crippen LogP contribution is 2.30. The number of ether oxygens (including phenoxy) is 1. The third-order valence-electron chi connectivity index (χ3n) is 2.77. The molecule has 2 rings (SSSR count). The van der Waals surface area contributed by atoms with Crippen LogP contribution in [-0.2, 0) is 14.3 Å². The average molecular weight is 223 g/mol. The number of hydrogen-bond donors (Lipinski definition) is 0. The Balaban J connectivity index is 2.08. The van der Waals surface area contributed by atoms with Crippen molar-refractivity contribution in [2.45, 2.75) is 51.3 Å². The number of β-lactam (4-membered cyclic amide) rings is 1. The van der Waals surface area contributed by atoms with Gasteiger partial charge in [0.15, 0.2) is 0 Å². The Morgan fingerprint density at radius 1 is 1.50 bits per heavy atom. The van der Waals surface area contributed by atoms with Gasteiger partial charge in [0.2, 0.25) is 5.91 Å². The zero-order chi connectivity index (χ0) is 11.9. The monoisotopic (exact) mass is 223 g/mol. The lowest BCUT2D eigenvalue weighted by Gasteiger charge is -2.45. The molecule has 2 atom stereocenters. The summed E-state index contributed by atoms with van der Waals surface area (Å²) in [5, 5.41) is 0. The summed E-state index contributed by atoms with van der Waals surface area (Å²) >= 11 is 0. The maximum Gasteiger partial charge on any atom is 0.333 e. The molecule has 1 amide bonds. The summed E-state index contributed by atoms with van der Waals surface area (Å²) in [7, 11) is 0. The predicted molar refractivity (Wildman–Crippen MR) is 58.6 cm³/mol. The SMILES string of the molecule is CC(C)(C)OC(=O)C1C=CCC2CC(=O)N21. The van der Waals surface area contributed by atoms with Gasteiger partial charge in [-0.25, -0.2) is 4.79 Å². The van der Waals surface area contributed by atoms with Crippen molar-refractivity contribution in [3.63, 3.8) is 0 Å². The molecule has 2 unspecified atom stereocenters. The molecule has 0 aromatic carbocycles. The fourth-order valence-corrected chi connectivity index (χ4v) is 2.09. The normalized spacial score (nSPS) is 28.4. The van der Waals surface area contributed by atoms with E-state index >= 15 is 0 Å². The molecule has 0 radical (unpaired) electrons. The molecule has 4 heteroatoms. The van der Waals surface area contributed by atoms with E-state index in [0.29, 0.717) is 6.42 Å². The molecule has 0 saturated carbocycles. The number of amides is 1. The summed E-state index contributed by atoms with van der Waals surface area (Å²) in [6, 6.07) is -0.311. The number of rotatable bonds is 1. The van der Waals surface area contributed by atoms with Gasteiger partial charge in [-0.3, -0.25) is 4.79 Å². The lowest BCUT2D eigenvalue weighted by atomic mass is 9.91. The van der Waals surface area contributed by atoms with Gasteiger partial charge in [0, 0.05) is 12.5 Å². The minimum absolute atomic E-state index is 0.0465. The van der Waals surface area contributed by atoms with Gasteiger partial charge in [0.05, 0.1) is 0 Å². The lowest BCUT2D eigenvalue weighted by molar-refractivity contribution is -0.170. The van der Waals surface area contributed by atoms with Crippen LogP contribution < -0.4 is 0 Å². The summed E-state index contributed by atoms with van der Waals surface area (Å²) < 4.78 is 5.29. The van der Waals surface area contributed by atoms with Crippen LogP contribution in [0.5, 0.6) is 0 Å². The largest absolute Gasteiger partial charge is 0.458 e. The molecule has 16 heavy (non-hydrogen) atoms. The van der Waals surface area contributed by atoms with Crippen molar-refractivity contribution < 1.29 is 14.3 Å². The first-order chi connectivity index (χ1) is 7.38. The van der Waals surface area contributed by atoms with Gasteiger partial charge < -0.3 is 9.64 Å². The molecule has 0 aromatic heterocycles. The minimum atomic E-state index is -0.515. The molecule has 4 nitrogen and oxygen atoms in total. The molecule has 2 heterocycles. The van der Waals surface area contributed by atoms with Crippen LogP contribution in [0.25, 0.3) is 0 Å². The second-order valence-corrected chi connectivity index (χ2v) is 5.30. The number of fused-ring (bicyclic) bond motifs is 1. The maximum absolute atomic E-state index is 11.9. The lowest BCUT2D eigenvalue weighted by Crippen LogP contribution is -2.61. The van der Waals surface area contributed by atoms with Crippen molar-refractivity contribution in [1.82, 2.24) is 4.90 Å². The quantitative estimate of drug-likeness (QED) is 0.382. The molecule has 0 bridgehead atoms. The van der Waals surface area contributed by atoms with Gasteiger partial charge in [-0.05, 0) is 27.2 Å². The van der Waals surface area contributed by atoms with Crippen molar-refractivity contribution in [2.24, 2.45) is 0 Å². The van der Waals surface area contributed by atoms with Crippen LogP contribution in [0.15, 0.2) is 12.2 Å². The molecule has 2 aliphatic rings. The van der Waals surface area contributed by atoms with Crippen molar-refractivity contribution >= 4 is 11.9 Å². The number of nitrogens with zero attached hydrogens (tertiary/aromatic N) is 1. The van der Waals surface area contributed by atoms with Crippen LogP contribution in [0.1, 0.15) is 33.6 Å². The highest BCUT2D eigenvalue weighted by Gasteiger charge is 2.45. The van der Waals surface area contributed by atoms with Crippen LogP contribution in [0.4, 0.5) is 0 Å². The Hall–Kier alpha value is -1.32. The highest BCUT2D eigenvalue weighted by molar-refractivity contribution is 5.91.